The van der Waals surface area contributed by atoms with Crippen LogP contribution in [0.15, 0.2) is 48.5 Å². The third-order valence-corrected chi connectivity index (χ3v) is 5.55. The number of sulfonamides is 1. The van der Waals surface area contributed by atoms with Crippen molar-refractivity contribution in [3.63, 3.8) is 0 Å². The van der Waals surface area contributed by atoms with Gasteiger partial charge in [-0.3, -0.25) is 9.10 Å². The molecule has 0 aliphatic rings. The summed E-state index contributed by atoms with van der Waals surface area (Å²) in [7, 11) is -3.49. The molecule has 0 heterocycles. The highest BCUT2D eigenvalue weighted by Gasteiger charge is 2.18. The molecule has 0 saturated carbocycles. The molecule has 0 aliphatic carbocycles. The van der Waals surface area contributed by atoms with Crippen LogP contribution >= 0.6 is 11.6 Å². The number of nitrogens with zero attached hydrogens (tertiary/aromatic N) is 1. The van der Waals surface area contributed by atoms with Crippen LogP contribution in [-0.4, -0.2) is 26.6 Å². The molecule has 7 heteroatoms. The lowest BCUT2D eigenvalue weighted by Crippen LogP contribution is -2.32. The second-order valence-electron chi connectivity index (χ2n) is 6.61. The summed E-state index contributed by atoms with van der Waals surface area (Å²) >= 11 is 5.89. The molecule has 2 aromatic rings. The molecule has 0 fully saturated rings. The van der Waals surface area contributed by atoms with Crippen LogP contribution in [0.3, 0.4) is 0 Å². The SMILES string of the molecule is CCC[C@H](C)NC(=O)c1ccc(N(Cc2ccc(Cl)cc2)S(C)(=O)=O)cc1. The van der Waals surface area contributed by atoms with Crippen molar-refractivity contribution >= 4 is 33.2 Å². The first-order chi connectivity index (χ1) is 12.7. The number of nitrogens with one attached hydrogen (secondary N) is 1. The molecule has 0 saturated heterocycles. The average Bonchev–Trinajstić information content (AvgIpc) is 2.60. The molecular formula is C20H25ClN2O3S. The van der Waals surface area contributed by atoms with Gasteiger partial charge in [0.25, 0.3) is 5.91 Å². The molecule has 0 aliphatic heterocycles. The van der Waals surface area contributed by atoms with Crippen molar-refractivity contribution in [3.05, 3.63) is 64.7 Å². The van der Waals surface area contributed by atoms with Crippen LogP contribution in [0.4, 0.5) is 5.69 Å². The van der Waals surface area contributed by atoms with Crippen LogP contribution < -0.4 is 9.62 Å². The van der Waals surface area contributed by atoms with Gasteiger partial charge in [0.2, 0.25) is 10.0 Å². The first-order valence-corrected chi connectivity index (χ1v) is 11.1. The standard InChI is InChI=1S/C20H25ClN2O3S/c1-4-5-15(2)22-20(24)17-8-12-19(13-9-17)23(27(3,25)26)14-16-6-10-18(21)11-7-16/h6-13,15H,4-5,14H2,1-3H3,(H,22,24)/t15-/m0/s1. The van der Waals surface area contributed by atoms with Gasteiger partial charge in [0.1, 0.15) is 0 Å². The second kappa shape index (κ2) is 9.24. The van der Waals surface area contributed by atoms with E-state index in [-0.39, 0.29) is 18.5 Å². The number of benzene rings is 2. The number of anilines is 1. The summed E-state index contributed by atoms with van der Waals surface area (Å²) in [4.78, 5) is 12.3. The first kappa shape index (κ1) is 21.3. The van der Waals surface area contributed by atoms with Gasteiger partial charge in [0.15, 0.2) is 0 Å². The zero-order valence-electron chi connectivity index (χ0n) is 15.8. The average molecular weight is 409 g/mol. The van der Waals surface area contributed by atoms with E-state index in [1.165, 1.54) is 4.31 Å². The van der Waals surface area contributed by atoms with Crippen molar-refractivity contribution < 1.29 is 13.2 Å². The molecule has 0 radical (unpaired) electrons. The van der Waals surface area contributed by atoms with Crippen molar-refractivity contribution in [2.45, 2.75) is 39.3 Å². The number of halogens is 1. The van der Waals surface area contributed by atoms with Gasteiger partial charge in [0.05, 0.1) is 18.5 Å². The third-order valence-electron chi connectivity index (χ3n) is 4.16. The number of carbonyl (C=O) groups excluding carboxylic acids is 1. The largest absolute Gasteiger partial charge is 0.350 e. The van der Waals surface area contributed by atoms with E-state index in [9.17, 15) is 13.2 Å². The molecule has 1 amide bonds. The molecule has 5 nitrogen and oxygen atoms in total. The van der Waals surface area contributed by atoms with E-state index in [4.69, 9.17) is 11.6 Å². The highest BCUT2D eigenvalue weighted by Crippen LogP contribution is 2.22. The van der Waals surface area contributed by atoms with E-state index in [1.54, 1.807) is 48.5 Å². The van der Waals surface area contributed by atoms with Gasteiger partial charge in [-0.25, -0.2) is 8.42 Å². The molecule has 2 rings (SSSR count). The Morgan fingerprint density at radius 2 is 1.70 bits per heavy atom. The van der Waals surface area contributed by atoms with Gasteiger partial charge in [0, 0.05) is 16.6 Å². The van der Waals surface area contributed by atoms with Crippen molar-refractivity contribution in [2.75, 3.05) is 10.6 Å². The van der Waals surface area contributed by atoms with Crippen LogP contribution in [0.25, 0.3) is 0 Å². The maximum atomic E-state index is 12.3. The minimum atomic E-state index is -3.49. The lowest BCUT2D eigenvalue weighted by atomic mass is 10.1. The Kier molecular flexibility index (Phi) is 7.27. The Bertz CT molecular complexity index is 865. The van der Waals surface area contributed by atoms with Gasteiger partial charge in [-0.2, -0.15) is 0 Å². The summed E-state index contributed by atoms with van der Waals surface area (Å²) in [5, 5.41) is 3.53. The fraction of sp³-hybridized carbons (Fsp3) is 0.350. The van der Waals surface area contributed by atoms with Gasteiger partial charge in [-0.05, 0) is 55.3 Å². The number of amides is 1. The van der Waals surface area contributed by atoms with Crippen molar-refractivity contribution in [1.82, 2.24) is 5.32 Å². The number of hydrogen-bond donors (Lipinski definition) is 1. The number of hydrogen-bond acceptors (Lipinski definition) is 3. The van der Waals surface area contributed by atoms with E-state index >= 15 is 0 Å². The van der Waals surface area contributed by atoms with Gasteiger partial charge in [-0.1, -0.05) is 37.1 Å². The number of carbonyl (C=O) groups is 1. The molecule has 0 spiro atoms. The lowest BCUT2D eigenvalue weighted by molar-refractivity contribution is 0.0938. The van der Waals surface area contributed by atoms with E-state index in [2.05, 4.69) is 12.2 Å². The van der Waals surface area contributed by atoms with Gasteiger partial charge in [-0.15, -0.1) is 0 Å². The number of rotatable bonds is 8. The van der Waals surface area contributed by atoms with Crippen LogP contribution in [0, 0.1) is 0 Å². The second-order valence-corrected chi connectivity index (χ2v) is 8.95. The normalized spacial score (nSPS) is 12.4. The molecule has 1 atom stereocenters. The van der Waals surface area contributed by atoms with Crippen molar-refractivity contribution in [3.8, 4) is 0 Å². The Morgan fingerprint density at radius 1 is 1.11 bits per heavy atom. The monoisotopic (exact) mass is 408 g/mol. The maximum absolute atomic E-state index is 12.3. The summed E-state index contributed by atoms with van der Waals surface area (Å²) < 4.78 is 25.8. The van der Waals surface area contributed by atoms with Gasteiger partial charge >= 0.3 is 0 Å². The minimum Gasteiger partial charge on any atom is -0.350 e. The first-order valence-electron chi connectivity index (χ1n) is 8.83. The third kappa shape index (κ3) is 6.26. The summed E-state index contributed by atoms with van der Waals surface area (Å²) in [5.74, 6) is -0.161. The molecule has 1 N–H and O–H groups in total. The predicted molar refractivity (Wildman–Crippen MR) is 111 cm³/mol. The summed E-state index contributed by atoms with van der Waals surface area (Å²) in [6.45, 7) is 4.22. The summed E-state index contributed by atoms with van der Waals surface area (Å²) in [6.07, 6.45) is 3.07. The van der Waals surface area contributed by atoms with Gasteiger partial charge < -0.3 is 5.32 Å². The van der Waals surface area contributed by atoms with Crippen LogP contribution in [0.5, 0.6) is 0 Å². The van der Waals surface area contributed by atoms with Crippen molar-refractivity contribution in [1.29, 1.82) is 0 Å². The molecule has 0 unspecified atom stereocenters. The van der Waals surface area contributed by atoms with Crippen LogP contribution in [-0.2, 0) is 16.6 Å². The Hall–Kier alpha value is -2.05. The smallest absolute Gasteiger partial charge is 0.251 e. The Labute approximate surface area is 166 Å². The quantitative estimate of drug-likeness (QED) is 0.710. The molecular weight excluding hydrogens is 384 g/mol. The maximum Gasteiger partial charge on any atom is 0.251 e. The molecule has 0 aromatic heterocycles. The van der Waals surface area contributed by atoms with Crippen LogP contribution in [0.2, 0.25) is 5.02 Å². The molecule has 0 bridgehead atoms. The van der Waals surface area contributed by atoms with E-state index < -0.39 is 10.0 Å². The zero-order chi connectivity index (χ0) is 20.0. The fourth-order valence-corrected chi connectivity index (χ4v) is 3.76. The summed E-state index contributed by atoms with van der Waals surface area (Å²) in [5.41, 5.74) is 1.83. The summed E-state index contributed by atoms with van der Waals surface area (Å²) in [6, 6.07) is 13.7. The predicted octanol–water partition coefficient (Wildman–Crippen LogP) is 4.22. The van der Waals surface area contributed by atoms with Crippen molar-refractivity contribution in [2.24, 2.45) is 0 Å². The fourth-order valence-electron chi connectivity index (χ4n) is 2.75. The Morgan fingerprint density at radius 3 is 2.22 bits per heavy atom. The van der Waals surface area contributed by atoms with E-state index in [0.29, 0.717) is 16.3 Å². The van der Waals surface area contributed by atoms with E-state index in [1.807, 2.05) is 6.92 Å². The Balaban J connectivity index is 2.19. The molecule has 2 aromatic carbocycles. The molecule has 27 heavy (non-hydrogen) atoms. The minimum absolute atomic E-state index is 0.0969. The molecule has 146 valence electrons. The van der Waals surface area contributed by atoms with Crippen LogP contribution in [0.1, 0.15) is 42.6 Å². The zero-order valence-corrected chi connectivity index (χ0v) is 17.3. The van der Waals surface area contributed by atoms with E-state index in [0.717, 1.165) is 24.7 Å². The lowest BCUT2D eigenvalue weighted by Gasteiger charge is -2.23. The topological polar surface area (TPSA) is 66.5 Å². The highest BCUT2D eigenvalue weighted by molar-refractivity contribution is 7.92. The highest BCUT2D eigenvalue weighted by atomic mass is 35.5.